The summed E-state index contributed by atoms with van der Waals surface area (Å²) in [6.07, 6.45) is 0.550. The Morgan fingerprint density at radius 2 is 2.03 bits per heavy atom. The van der Waals surface area contributed by atoms with Gasteiger partial charge in [0, 0.05) is 36.8 Å². The molecule has 4 N–H and O–H groups in total. The molecule has 0 bridgehead atoms. The number of amides is 1. The van der Waals surface area contributed by atoms with Gasteiger partial charge in [-0.3, -0.25) is 4.79 Å². The van der Waals surface area contributed by atoms with E-state index in [1.165, 1.54) is 30.4 Å². The van der Waals surface area contributed by atoms with E-state index < -0.39 is 26.6 Å². The number of benzene rings is 2. The molecule has 1 fully saturated rings. The van der Waals surface area contributed by atoms with Crippen LogP contribution in [-0.2, 0) is 9.84 Å². The van der Waals surface area contributed by atoms with E-state index in [-0.39, 0.29) is 42.2 Å². The fraction of sp³-hybridized carbons (Fsp3) is 0.379. The number of rotatable bonds is 8. The van der Waals surface area contributed by atoms with Gasteiger partial charge in [0.15, 0.2) is 9.84 Å². The number of nitrogens with one attached hydrogen (secondary N) is 1. The van der Waals surface area contributed by atoms with Crippen LogP contribution in [0.3, 0.4) is 0 Å². The zero-order chi connectivity index (χ0) is 28.4. The van der Waals surface area contributed by atoms with Crippen LogP contribution in [0, 0.1) is 35.0 Å². The van der Waals surface area contributed by atoms with E-state index in [4.69, 9.17) is 0 Å². The Bertz CT molecular complexity index is 1640. The minimum atomic E-state index is -3.72. The first kappa shape index (κ1) is 28.6. The number of carbonyl (C=O) groups excluding carboxylic acids is 1. The van der Waals surface area contributed by atoms with Crippen LogP contribution in [0.1, 0.15) is 53.7 Å². The molecule has 204 valence electrons. The van der Waals surface area contributed by atoms with Crippen molar-refractivity contribution in [3.63, 3.8) is 0 Å². The SMILES string of the molecule is C[C@](CNC(=O)c1ccccc1O)(C[C@@H](O)c1nc2ccc(C#CC#C[C@]3(C)C[C@H]3CO)cc2s1)S(C)(=O)=O. The van der Waals surface area contributed by atoms with E-state index in [0.29, 0.717) is 10.5 Å². The normalized spacial score (nSPS) is 20.6. The Kier molecular flexibility index (Phi) is 8.06. The molecule has 0 radical (unpaired) electrons. The van der Waals surface area contributed by atoms with E-state index in [1.807, 2.05) is 13.0 Å². The molecule has 1 aliphatic carbocycles. The number of nitrogens with zero attached hydrogens (tertiary/aromatic N) is 1. The van der Waals surface area contributed by atoms with Gasteiger partial charge in [-0.1, -0.05) is 24.0 Å². The Labute approximate surface area is 232 Å². The molecule has 8 nitrogen and oxygen atoms in total. The predicted molar refractivity (Wildman–Crippen MR) is 151 cm³/mol. The summed E-state index contributed by atoms with van der Waals surface area (Å²) < 4.78 is 24.7. The average Bonchev–Trinajstić information content (AvgIpc) is 3.35. The second-order valence-electron chi connectivity index (χ2n) is 10.4. The number of para-hydroxylation sites is 1. The molecule has 4 rings (SSSR count). The number of aromatic nitrogens is 1. The monoisotopic (exact) mass is 566 g/mol. The number of phenolic OH excluding ortho intramolecular Hbond substituents is 1. The van der Waals surface area contributed by atoms with Crippen molar-refractivity contribution in [1.29, 1.82) is 0 Å². The van der Waals surface area contributed by atoms with Crippen molar-refractivity contribution in [2.45, 2.75) is 37.5 Å². The highest BCUT2D eigenvalue weighted by Gasteiger charge is 2.48. The summed E-state index contributed by atoms with van der Waals surface area (Å²) in [6, 6.07) is 11.4. The third kappa shape index (κ3) is 6.43. The van der Waals surface area contributed by atoms with Crippen LogP contribution in [0.4, 0.5) is 0 Å². The molecule has 0 saturated heterocycles. The van der Waals surface area contributed by atoms with Gasteiger partial charge in [0.2, 0.25) is 0 Å². The lowest BCUT2D eigenvalue weighted by molar-refractivity contribution is 0.0938. The van der Waals surface area contributed by atoms with Gasteiger partial charge in [0.05, 0.1) is 20.5 Å². The van der Waals surface area contributed by atoms with Gasteiger partial charge >= 0.3 is 0 Å². The highest BCUT2D eigenvalue weighted by Crippen LogP contribution is 2.51. The lowest BCUT2D eigenvalue weighted by Crippen LogP contribution is -2.47. The van der Waals surface area contributed by atoms with E-state index in [9.17, 15) is 28.5 Å². The summed E-state index contributed by atoms with van der Waals surface area (Å²) in [6.45, 7) is 3.34. The first-order valence-electron chi connectivity index (χ1n) is 12.3. The van der Waals surface area contributed by atoms with Crippen LogP contribution in [-0.4, -0.2) is 58.8 Å². The third-order valence-electron chi connectivity index (χ3n) is 7.23. The van der Waals surface area contributed by atoms with Crippen LogP contribution < -0.4 is 5.32 Å². The number of thiazole rings is 1. The molecule has 1 aliphatic rings. The van der Waals surface area contributed by atoms with Crippen molar-refractivity contribution in [2.75, 3.05) is 19.4 Å². The first-order chi connectivity index (χ1) is 18.3. The van der Waals surface area contributed by atoms with Gasteiger partial charge < -0.3 is 20.6 Å². The lowest BCUT2D eigenvalue weighted by Gasteiger charge is -2.29. The quantitative estimate of drug-likeness (QED) is 0.308. The minimum Gasteiger partial charge on any atom is -0.507 e. The molecule has 1 aromatic heterocycles. The molecule has 0 aliphatic heterocycles. The van der Waals surface area contributed by atoms with Crippen molar-refractivity contribution in [3.05, 3.63) is 58.6 Å². The Balaban J connectivity index is 1.47. The number of aromatic hydroxyl groups is 1. The fourth-order valence-electron chi connectivity index (χ4n) is 4.19. The number of carbonyl (C=O) groups is 1. The molecule has 1 saturated carbocycles. The number of fused-ring (bicyclic) bond motifs is 1. The highest BCUT2D eigenvalue weighted by atomic mass is 32.2. The maximum absolute atomic E-state index is 12.7. The maximum Gasteiger partial charge on any atom is 0.255 e. The number of hydrogen-bond acceptors (Lipinski definition) is 8. The topological polar surface area (TPSA) is 137 Å². The molecule has 4 atom stereocenters. The van der Waals surface area contributed by atoms with Crippen molar-refractivity contribution in [3.8, 4) is 29.4 Å². The maximum atomic E-state index is 12.7. The van der Waals surface area contributed by atoms with E-state index in [1.54, 1.807) is 24.3 Å². The second-order valence-corrected chi connectivity index (χ2v) is 14.0. The average molecular weight is 567 g/mol. The summed E-state index contributed by atoms with van der Waals surface area (Å²) in [5.74, 6) is 11.2. The Morgan fingerprint density at radius 3 is 2.69 bits per heavy atom. The fourth-order valence-corrected chi connectivity index (χ4v) is 5.98. The van der Waals surface area contributed by atoms with Crippen molar-refractivity contribution in [1.82, 2.24) is 10.3 Å². The number of aliphatic hydroxyl groups is 2. The van der Waals surface area contributed by atoms with Gasteiger partial charge in [-0.25, -0.2) is 13.4 Å². The number of sulfone groups is 1. The van der Waals surface area contributed by atoms with Crippen molar-refractivity contribution < 1.29 is 28.5 Å². The van der Waals surface area contributed by atoms with E-state index in [0.717, 1.165) is 22.9 Å². The van der Waals surface area contributed by atoms with Crippen molar-refractivity contribution >= 4 is 37.3 Å². The van der Waals surface area contributed by atoms with E-state index in [2.05, 4.69) is 34.0 Å². The summed E-state index contributed by atoms with van der Waals surface area (Å²) >= 11 is 1.24. The Morgan fingerprint density at radius 1 is 1.28 bits per heavy atom. The molecule has 0 spiro atoms. The number of aliphatic hydroxyl groups excluding tert-OH is 2. The van der Waals surface area contributed by atoms with Crippen LogP contribution in [0.2, 0.25) is 0 Å². The molecule has 39 heavy (non-hydrogen) atoms. The molecule has 1 heterocycles. The second kappa shape index (κ2) is 11.0. The largest absolute Gasteiger partial charge is 0.507 e. The van der Waals surface area contributed by atoms with Gasteiger partial charge in [0.1, 0.15) is 16.9 Å². The minimum absolute atomic E-state index is 0.0288. The molecule has 3 aromatic rings. The smallest absolute Gasteiger partial charge is 0.255 e. The summed E-state index contributed by atoms with van der Waals surface area (Å²) in [4.78, 5) is 17.0. The predicted octanol–water partition coefficient (Wildman–Crippen LogP) is 3.03. The molecule has 1 amide bonds. The van der Waals surface area contributed by atoms with Crippen molar-refractivity contribution in [2.24, 2.45) is 11.3 Å². The number of hydrogen-bond donors (Lipinski definition) is 4. The van der Waals surface area contributed by atoms with E-state index >= 15 is 0 Å². The van der Waals surface area contributed by atoms with Crippen LogP contribution >= 0.6 is 11.3 Å². The molecular weight excluding hydrogens is 536 g/mol. The number of phenols is 1. The molecular formula is C29H30N2O6S2. The van der Waals surface area contributed by atoms with Crippen LogP contribution in [0.15, 0.2) is 42.5 Å². The third-order valence-corrected chi connectivity index (χ3v) is 10.5. The first-order valence-corrected chi connectivity index (χ1v) is 15.0. The van der Waals surface area contributed by atoms with Gasteiger partial charge in [-0.05, 0) is 68.4 Å². The zero-order valence-corrected chi connectivity index (χ0v) is 23.5. The van der Waals surface area contributed by atoms with Gasteiger partial charge in [-0.15, -0.1) is 11.3 Å². The van der Waals surface area contributed by atoms with Crippen LogP contribution in [0.5, 0.6) is 5.75 Å². The van der Waals surface area contributed by atoms with Gasteiger partial charge in [-0.2, -0.15) is 0 Å². The molecule has 0 unspecified atom stereocenters. The van der Waals surface area contributed by atoms with Gasteiger partial charge in [0.25, 0.3) is 5.91 Å². The summed E-state index contributed by atoms with van der Waals surface area (Å²) in [7, 11) is -3.72. The Hall–Kier alpha value is -3.41. The van der Waals surface area contributed by atoms with Crippen LogP contribution in [0.25, 0.3) is 10.2 Å². The summed E-state index contributed by atoms with van der Waals surface area (Å²) in [5, 5.41) is 33.1. The molecule has 2 aromatic carbocycles. The highest BCUT2D eigenvalue weighted by molar-refractivity contribution is 7.92. The lowest BCUT2D eigenvalue weighted by atomic mass is 10.0. The zero-order valence-electron chi connectivity index (χ0n) is 21.9. The molecule has 10 heteroatoms. The summed E-state index contributed by atoms with van der Waals surface area (Å²) in [5.41, 5.74) is 1.24. The standard InChI is InChI=1S/C29H30N2O6S2/c1-28(15-20(28)17-32)13-7-6-8-19-11-12-22-25(14-19)38-27(31-22)24(34)16-29(2,39(3,36)37)18-30-26(35)21-9-4-5-10-23(21)33/h4-5,9-12,14,20,24,32-34H,15-18H2,1-3H3,(H,30,35)/t20-,24+,28+,29+/m0/s1.